The van der Waals surface area contributed by atoms with E-state index in [1.54, 1.807) is 6.92 Å². The SMILES string of the molecule is CCOC(=O)OCCNC(=O)C(F)(F)F. The topological polar surface area (TPSA) is 64.6 Å². The van der Waals surface area contributed by atoms with Gasteiger partial charge in [0.15, 0.2) is 0 Å². The monoisotopic (exact) mass is 229 g/mol. The van der Waals surface area contributed by atoms with Crippen molar-refractivity contribution in [3.05, 3.63) is 0 Å². The molecule has 15 heavy (non-hydrogen) atoms. The first-order valence-corrected chi connectivity index (χ1v) is 4.02. The van der Waals surface area contributed by atoms with E-state index in [0.717, 1.165) is 0 Å². The van der Waals surface area contributed by atoms with Gasteiger partial charge in [0.1, 0.15) is 6.61 Å². The first-order chi connectivity index (χ1) is 6.88. The molecule has 0 fully saturated rings. The van der Waals surface area contributed by atoms with Crippen LogP contribution in [-0.4, -0.2) is 38.0 Å². The summed E-state index contributed by atoms with van der Waals surface area (Å²) in [6.45, 7) is 0.859. The molecule has 1 amide bonds. The molecule has 0 heterocycles. The van der Waals surface area contributed by atoms with Crippen LogP contribution in [-0.2, 0) is 14.3 Å². The lowest BCUT2D eigenvalue weighted by molar-refractivity contribution is -0.173. The molecule has 0 rings (SSSR count). The van der Waals surface area contributed by atoms with Gasteiger partial charge < -0.3 is 14.8 Å². The minimum atomic E-state index is -4.93. The Morgan fingerprint density at radius 2 is 1.87 bits per heavy atom. The molecule has 0 unspecified atom stereocenters. The molecule has 0 aliphatic carbocycles. The number of carbonyl (C=O) groups is 2. The van der Waals surface area contributed by atoms with Crippen LogP contribution < -0.4 is 5.32 Å². The lowest BCUT2D eigenvalue weighted by Gasteiger charge is -2.07. The first kappa shape index (κ1) is 13.5. The molecule has 0 radical (unpaired) electrons. The van der Waals surface area contributed by atoms with Gasteiger partial charge in [-0.2, -0.15) is 13.2 Å². The van der Waals surface area contributed by atoms with Crippen LogP contribution in [0.4, 0.5) is 18.0 Å². The van der Waals surface area contributed by atoms with Gasteiger partial charge in [0, 0.05) is 0 Å². The second-order valence-electron chi connectivity index (χ2n) is 2.29. The third-order valence-corrected chi connectivity index (χ3v) is 1.13. The molecule has 0 atom stereocenters. The molecule has 0 saturated carbocycles. The standard InChI is InChI=1S/C7H10F3NO4/c1-2-14-6(13)15-4-3-11-5(12)7(8,9)10/h2-4H2,1H3,(H,11,12). The van der Waals surface area contributed by atoms with Gasteiger partial charge in [-0.15, -0.1) is 0 Å². The van der Waals surface area contributed by atoms with Crippen LogP contribution in [0.5, 0.6) is 0 Å². The Morgan fingerprint density at radius 3 is 2.33 bits per heavy atom. The third kappa shape index (κ3) is 6.58. The Morgan fingerprint density at radius 1 is 1.27 bits per heavy atom. The van der Waals surface area contributed by atoms with Crippen LogP contribution in [0.2, 0.25) is 0 Å². The van der Waals surface area contributed by atoms with Crippen molar-refractivity contribution >= 4 is 12.1 Å². The molecule has 0 saturated heterocycles. The second kappa shape index (κ2) is 6.10. The highest BCUT2D eigenvalue weighted by molar-refractivity contribution is 5.81. The highest BCUT2D eigenvalue weighted by Crippen LogP contribution is 2.13. The molecule has 88 valence electrons. The van der Waals surface area contributed by atoms with Crippen LogP contribution in [0.15, 0.2) is 0 Å². The van der Waals surface area contributed by atoms with Gasteiger partial charge in [-0.25, -0.2) is 4.79 Å². The van der Waals surface area contributed by atoms with E-state index in [0.29, 0.717) is 0 Å². The average Bonchev–Trinajstić information content (AvgIpc) is 2.11. The van der Waals surface area contributed by atoms with Gasteiger partial charge in [0.05, 0.1) is 13.2 Å². The van der Waals surface area contributed by atoms with Crippen molar-refractivity contribution in [2.45, 2.75) is 13.1 Å². The second-order valence-corrected chi connectivity index (χ2v) is 2.29. The summed E-state index contributed by atoms with van der Waals surface area (Å²) in [5.41, 5.74) is 0. The van der Waals surface area contributed by atoms with Crippen molar-refractivity contribution in [2.75, 3.05) is 19.8 Å². The van der Waals surface area contributed by atoms with E-state index in [9.17, 15) is 22.8 Å². The van der Waals surface area contributed by atoms with Crippen LogP contribution in [0.3, 0.4) is 0 Å². The van der Waals surface area contributed by atoms with Gasteiger partial charge in [-0.1, -0.05) is 0 Å². The molecule has 0 aliphatic heterocycles. The van der Waals surface area contributed by atoms with Crippen molar-refractivity contribution in [1.29, 1.82) is 0 Å². The molecule has 8 heteroatoms. The number of amides is 1. The van der Waals surface area contributed by atoms with Crippen LogP contribution in [0, 0.1) is 0 Å². The Bertz CT molecular complexity index is 229. The average molecular weight is 229 g/mol. The predicted octanol–water partition coefficient (Wildman–Crippen LogP) is 0.838. The number of alkyl halides is 3. The molecule has 5 nitrogen and oxygen atoms in total. The van der Waals surface area contributed by atoms with E-state index < -0.39 is 24.8 Å². The fourth-order valence-electron chi connectivity index (χ4n) is 0.559. The third-order valence-electron chi connectivity index (χ3n) is 1.13. The number of nitrogens with one attached hydrogen (secondary N) is 1. The zero-order chi connectivity index (χ0) is 11.9. The molecule has 0 spiro atoms. The number of carbonyl (C=O) groups excluding carboxylic acids is 2. The minimum Gasteiger partial charge on any atom is -0.435 e. The maximum absolute atomic E-state index is 11.6. The maximum atomic E-state index is 11.6. The van der Waals surface area contributed by atoms with Gasteiger partial charge in [-0.05, 0) is 6.92 Å². The summed E-state index contributed by atoms with van der Waals surface area (Å²) < 4.78 is 43.5. The van der Waals surface area contributed by atoms with Crippen LogP contribution in [0.1, 0.15) is 6.92 Å². The summed E-state index contributed by atoms with van der Waals surface area (Å²) in [7, 11) is 0. The zero-order valence-electron chi connectivity index (χ0n) is 7.89. The quantitative estimate of drug-likeness (QED) is 0.573. The number of rotatable bonds is 4. The lowest BCUT2D eigenvalue weighted by atomic mass is 10.5. The molecule has 0 bridgehead atoms. The molecule has 0 aromatic heterocycles. The van der Waals surface area contributed by atoms with E-state index in [-0.39, 0.29) is 13.2 Å². The first-order valence-electron chi connectivity index (χ1n) is 4.02. The molecule has 1 N–H and O–H groups in total. The van der Waals surface area contributed by atoms with Crippen molar-refractivity contribution < 1.29 is 32.2 Å². The summed E-state index contributed by atoms with van der Waals surface area (Å²) in [5.74, 6) is -2.07. The Labute approximate surface area is 83.5 Å². The zero-order valence-corrected chi connectivity index (χ0v) is 7.89. The summed E-state index contributed by atoms with van der Waals surface area (Å²) >= 11 is 0. The molecular weight excluding hydrogens is 219 g/mol. The fraction of sp³-hybridized carbons (Fsp3) is 0.714. The summed E-state index contributed by atoms with van der Waals surface area (Å²) in [6.07, 6.45) is -5.91. The van der Waals surface area contributed by atoms with E-state index >= 15 is 0 Å². The summed E-state index contributed by atoms with van der Waals surface area (Å²) in [4.78, 5) is 20.7. The largest absolute Gasteiger partial charge is 0.508 e. The summed E-state index contributed by atoms with van der Waals surface area (Å²) in [5, 5.41) is 1.52. The normalized spacial score (nSPS) is 10.7. The van der Waals surface area contributed by atoms with Crippen molar-refractivity contribution in [1.82, 2.24) is 5.32 Å². The van der Waals surface area contributed by atoms with Gasteiger partial charge in [0.2, 0.25) is 0 Å². The molecule has 0 aliphatic rings. The molecular formula is C7H10F3NO4. The fourth-order valence-corrected chi connectivity index (χ4v) is 0.559. The number of halogens is 3. The van der Waals surface area contributed by atoms with Crippen LogP contribution >= 0.6 is 0 Å². The minimum absolute atomic E-state index is 0.105. The molecule has 0 aromatic carbocycles. The Kier molecular flexibility index (Phi) is 5.50. The van der Waals surface area contributed by atoms with E-state index in [4.69, 9.17) is 0 Å². The van der Waals surface area contributed by atoms with Crippen molar-refractivity contribution in [3.63, 3.8) is 0 Å². The van der Waals surface area contributed by atoms with Gasteiger partial charge >= 0.3 is 18.2 Å². The summed E-state index contributed by atoms with van der Waals surface area (Å²) in [6, 6.07) is 0. The lowest BCUT2D eigenvalue weighted by Crippen LogP contribution is -2.38. The smallest absolute Gasteiger partial charge is 0.435 e. The van der Waals surface area contributed by atoms with Crippen molar-refractivity contribution in [2.24, 2.45) is 0 Å². The van der Waals surface area contributed by atoms with Crippen molar-refractivity contribution in [3.8, 4) is 0 Å². The predicted molar refractivity (Wildman–Crippen MR) is 42.0 cm³/mol. The van der Waals surface area contributed by atoms with E-state index in [1.165, 1.54) is 5.32 Å². The van der Waals surface area contributed by atoms with Crippen LogP contribution in [0.25, 0.3) is 0 Å². The van der Waals surface area contributed by atoms with E-state index in [2.05, 4.69) is 9.47 Å². The van der Waals surface area contributed by atoms with Gasteiger partial charge in [-0.3, -0.25) is 4.79 Å². The maximum Gasteiger partial charge on any atom is 0.508 e. The highest BCUT2D eigenvalue weighted by atomic mass is 19.4. The number of ether oxygens (including phenoxy) is 2. The van der Waals surface area contributed by atoms with E-state index in [1.807, 2.05) is 0 Å². The Balaban J connectivity index is 3.55. The number of hydrogen-bond acceptors (Lipinski definition) is 4. The molecule has 0 aromatic rings. The highest BCUT2D eigenvalue weighted by Gasteiger charge is 2.38. The Hall–Kier alpha value is -1.47. The van der Waals surface area contributed by atoms with Gasteiger partial charge in [0.25, 0.3) is 0 Å². The number of hydrogen-bond donors (Lipinski definition) is 1.